The summed E-state index contributed by atoms with van der Waals surface area (Å²) in [6.45, 7) is 5.93. The molecule has 1 unspecified atom stereocenters. The zero-order valence-corrected chi connectivity index (χ0v) is 10.5. The second-order valence-corrected chi connectivity index (χ2v) is 4.91. The van der Waals surface area contributed by atoms with Gasteiger partial charge >= 0.3 is 0 Å². The summed E-state index contributed by atoms with van der Waals surface area (Å²) in [5.41, 5.74) is 3.28. The third-order valence-electron chi connectivity index (χ3n) is 3.16. The molecule has 1 aromatic rings. The second-order valence-electron chi connectivity index (χ2n) is 4.91. The average Bonchev–Trinajstić information content (AvgIpc) is 2.28. The van der Waals surface area contributed by atoms with Crippen LogP contribution in [-0.2, 0) is 4.79 Å². The first-order valence-electron chi connectivity index (χ1n) is 6.25. The molecule has 1 aromatic carbocycles. The van der Waals surface area contributed by atoms with E-state index in [1.54, 1.807) is 0 Å². The highest BCUT2D eigenvalue weighted by molar-refractivity contribution is 5.92. The van der Waals surface area contributed by atoms with E-state index < -0.39 is 0 Å². The molecule has 1 amide bonds. The van der Waals surface area contributed by atoms with Crippen LogP contribution in [0.25, 0.3) is 0 Å². The highest BCUT2D eigenvalue weighted by Gasteiger charge is 2.20. The van der Waals surface area contributed by atoms with Crippen LogP contribution in [0.3, 0.4) is 0 Å². The number of nitrogens with one attached hydrogen (secondary N) is 2. The van der Waals surface area contributed by atoms with E-state index in [2.05, 4.69) is 16.7 Å². The Bertz CT molecular complexity index is 388. The number of aryl methyl sites for hydroxylation is 2. The zero-order chi connectivity index (χ0) is 12.3. The summed E-state index contributed by atoms with van der Waals surface area (Å²) in [7, 11) is 0. The van der Waals surface area contributed by atoms with Gasteiger partial charge in [0.1, 0.15) is 0 Å². The highest BCUT2D eigenvalue weighted by atomic mass is 16.1. The second kappa shape index (κ2) is 5.32. The molecule has 3 heteroatoms. The highest BCUT2D eigenvalue weighted by Crippen LogP contribution is 2.17. The monoisotopic (exact) mass is 232 g/mol. The quantitative estimate of drug-likeness (QED) is 0.821. The van der Waals surface area contributed by atoms with Crippen molar-refractivity contribution in [1.29, 1.82) is 0 Å². The molecule has 0 saturated carbocycles. The van der Waals surface area contributed by atoms with Crippen LogP contribution in [0.15, 0.2) is 18.2 Å². The summed E-state index contributed by atoms with van der Waals surface area (Å²) in [6, 6.07) is 6.14. The third-order valence-corrected chi connectivity index (χ3v) is 3.16. The standard InChI is InChI=1S/C14H20N2O/c1-10-6-11(2)8-13(7-10)16-14(17)12-4-3-5-15-9-12/h6-8,12,15H,3-5,9H2,1-2H3,(H,16,17). The Kier molecular flexibility index (Phi) is 3.79. The van der Waals surface area contributed by atoms with Crippen LogP contribution in [0.4, 0.5) is 5.69 Å². The number of carbonyl (C=O) groups is 1. The molecular formula is C14H20N2O. The van der Waals surface area contributed by atoms with Crippen LogP contribution in [0.5, 0.6) is 0 Å². The summed E-state index contributed by atoms with van der Waals surface area (Å²) in [5.74, 6) is 0.256. The lowest BCUT2D eigenvalue weighted by atomic mass is 9.98. The van der Waals surface area contributed by atoms with Gasteiger partial charge in [-0.1, -0.05) is 6.07 Å². The lowest BCUT2D eigenvalue weighted by Crippen LogP contribution is -2.37. The summed E-state index contributed by atoms with van der Waals surface area (Å²) in [5, 5.41) is 6.28. The number of hydrogen-bond acceptors (Lipinski definition) is 2. The fourth-order valence-corrected chi connectivity index (χ4v) is 2.37. The molecule has 0 aromatic heterocycles. The van der Waals surface area contributed by atoms with E-state index in [0.717, 1.165) is 31.6 Å². The van der Waals surface area contributed by atoms with Gasteiger partial charge < -0.3 is 10.6 Å². The van der Waals surface area contributed by atoms with E-state index in [-0.39, 0.29) is 11.8 Å². The predicted octanol–water partition coefficient (Wildman–Crippen LogP) is 2.24. The van der Waals surface area contributed by atoms with E-state index in [1.165, 1.54) is 11.1 Å². The maximum absolute atomic E-state index is 12.0. The molecule has 0 bridgehead atoms. The summed E-state index contributed by atoms with van der Waals surface area (Å²) < 4.78 is 0. The number of carbonyl (C=O) groups excluding carboxylic acids is 1. The molecule has 2 N–H and O–H groups in total. The van der Waals surface area contributed by atoms with Crippen LogP contribution in [0.1, 0.15) is 24.0 Å². The summed E-state index contributed by atoms with van der Waals surface area (Å²) >= 11 is 0. The molecule has 1 atom stereocenters. The van der Waals surface area contributed by atoms with Gasteiger partial charge in [-0.25, -0.2) is 0 Å². The van der Waals surface area contributed by atoms with E-state index in [1.807, 2.05) is 26.0 Å². The van der Waals surface area contributed by atoms with Gasteiger partial charge in [0.25, 0.3) is 0 Å². The van der Waals surface area contributed by atoms with Gasteiger partial charge in [-0.15, -0.1) is 0 Å². The van der Waals surface area contributed by atoms with Crippen molar-refractivity contribution in [2.75, 3.05) is 18.4 Å². The topological polar surface area (TPSA) is 41.1 Å². The molecule has 0 spiro atoms. The first-order valence-corrected chi connectivity index (χ1v) is 6.25. The van der Waals surface area contributed by atoms with Gasteiger partial charge in [0.15, 0.2) is 0 Å². The van der Waals surface area contributed by atoms with Crippen molar-refractivity contribution >= 4 is 11.6 Å². The number of benzene rings is 1. The molecule has 92 valence electrons. The van der Waals surface area contributed by atoms with Crippen LogP contribution in [0.2, 0.25) is 0 Å². The maximum Gasteiger partial charge on any atom is 0.228 e. The minimum absolute atomic E-state index is 0.115. The molecular weight excluding hydrogens is 212 g/mol. The molecule has 0 radical (unpaired) electrons. The van der Waals surface area contributed by atoms with Crippen LogP contribution < -0.4 is 10.6 Å². The number of amides is 1. The largest absolute Gasteiger partial charge is 0.326 e. The van der Waals surface area contributed by atoms with Gasteiger partial charge in [0, 0.05) is 12.2 Å². The van der Waals surface area contributed by atoms with E-state index in [9.17, 15) is 4.79 Å². The van der Waals surface area contributed by atoms with Crippen molar-refractivity contribution in [3.05, 3.63) is 29.3 Å². The van der Waals surface area contributed by atoms with E-state index in [4.69, 9.17) is 0 Å². The van der Waals surface area contributed by atoms with Gasteiger partial charge in [-0.05, 0) is 56.5 Å². The van der Waals surface area contributed by atoms with Crippen molar-refractivity contribution in [3.8, 4) is 0 Å². The Morgan fingerprint density at radius 1 is 1.29 bits per heavy atom. The zero-order valence-electron chi connectivity index (χ0n) is 10.5. The normalized spacial score (nSPS) is 20.0. The van der Waals surface area contributed by atoms with Crippen molar-refractivity contribution in [3.63, 3.8) is 0 Å². The summed E-state index contributed by atoms with van der Waals surface area (Å²) in [6.07, 6.45) is 2.08. The van der Waals surface area contributed by atoms with Crippen LogP contribution in [-0.4, -0.2) is 19.0 Å². The molecule has 1 aliphatic rings. The molecule has 1 heterocycles. The maximum atomic E-state index is 12.0. The van der Waals surface area contributed by atoms with E-state index >= 15 is 0 Å². The Balaban J connectivity index is 2.01. The Morgan fingerprint density at radius 2 is 2.00 bits per heavy atom. The number of piperidine rings is 1. The lowest BCUT2D eigenvalue weighted by molar-refractivity contribution is -0.120. The predicted molar refractivity (Wildman–Crippen MR) is 70.1 cm³/mol. The smallest absolute Gasteiger partial charge is 0.228 e. The average molecular weight is 232 g/mol. The molecule has 1 saturated heterocycles. The van der Waals surface area contributed by atoms with Crippen LogP contribution in [0, 0.1) is 19.8 Å². The summed E-state index contributed by atoms with van der Waals surface area (Å²) in [4.78, 5) is 12.0. The van der Waals surface area contributed by atoms with Crippen molar-refractivity contribution in [1.82, 2.24) is 5.32 Å². The Labute approximate surface area is 103 Å². The number of hydrogen-bond donors (Lipinski definition) is 2. The fraction of sp³-hybridized carbons (Fsp3) is 0.500. The molecule has 1 aliphatic heterocycles. The van der Waals surface area contributed by atoms with Crippen molar-refractivity contribution in [2.45, 2.75) is 26.7 Å². The number of anilines is 1. The molecule has 2 rings (SSSR count). The Hall–Kier alpha value is -1.35. The SMILES string of the molecule is Cc1cc(C)cc(NC(=O)C2CCCNC2)c1. The third kappa shape index (κ3) is 3.30. The molecule has 17 heavy (non-hydrogen) atoms. The van der Waals surface area contributed by atoms with E-state index in [0.29, 0.717) is 0 Å². The molecule has 0 aliphatic carbocycles. The first-order chi connectivity index (χ1) is 8.15. The van der Waals surface area contributed by atoms with Gasteiger partial charge in [-0.2, -0.15) is 0 Å². The number of rotatable bonds is 2. The fourth-order valence-electron chi connectivity index (χ4n) is 2.37. The Morgan fingerprint density at radius 3 is 2.59 bits per heavy atom. The van der Waals surface area contributed by atoms with Gasteiger partial charge in [-0.3, -0.25) is 4.79 Å². The van der Waals surface area contributed by atoms with Crippen molar-refractivity contribution in [2.24, 2.45) is 5.92 Å². The minimum atomic E-state index is 0.115. The molecule has 1 fully saturated rings. The lowest BCUT2D eigenvalue weighted by Gasteiger charge is -2.22. The van der Waals surface area contributed by atoms with Crippen molar-refractivity contribution < 1.29 is 4.79 Å². The molecule has 3 nitrogen and oxygen atoms in total. The van der Waals surface area contributed by atoms with Gasteiger partial charge in [0.2, 0.25) is 5.91 Å². The first kappa shape index (κ1) is 12.1. The van der Waals surface area contributed by atoms with Crippen LogP contribution >= 0.6 is 0 Å². The van der Waals surface area contributed by atoms with Gasteiger partial charge in [0.05, 0.1) is 5.92 Å². The minimum Gasteiger partial charge on any atom is -0.326 e.